The number of hydrogen-bond acceptors (Lipinski definition) is 4. The van der Waals surface area contributed by atoms with Crippen LogP contribution in [0.5, 0.6) is 0 Å². The Bertz CT molecular complexity index is 921. The van der Waals surface area contributed by atoms with Crippen LogP contribution in [-0.4, -0.2) is 98.0 Å². The van der Waals surface area contributed by atoms with Gasteiger partial charge in [-0.2, -0.15) is 0 Å². The van der Waals surface area contributed by atoms with Crippen LogP contribution in [0.1, 0.15) is 42.2 Å². The molecule has 3 heterocycles. The summed E-state index contributed by atoms with van der Waals surface area (Å²) in [4.78, 5) is 23.2. The van der Waals surface area contributed by atoms with Crippen LogP contribution >= 0.6 is 0 Å². The second-order valence-corrected chi connectivity index (χ2v) is 11.4. The van der Waals surface area contributed by atoms with Crippen LogP contribution in [0.3, 0.4) is 0 Å². The molecule has 3 aliphatic heterocycles. The lowest BCUT2D eigenvalue weighted by Gasteiger charge is -2.49. The van der Waals surface area contributed by atoms with Crippen molar-refractivity contribution in [3.05, 3.63) is 71.8 Å². The van der Waals surface area contributed by atoms with Gasteiger partial charge in [-0.05, 0) is 62.9 Å². The van der Waals surface area contributed by atoms with Crippen molar-refractivity contribution >= 4 is 5.91 Å². The average Bonchev–Trinajstić information content (AvgIpc) is 3.18. The zero-order valence-electron chi connectivity index (χ0n) is 21.8. The first-order valence-electron chi connectivity index (χ1n) is 13.4. The molecule has 0 radical (unpaired) electrons. The number of amides is 1. The van der Waals surface area contributed by atoms with E-state index in [9.17, 15) is 4.79 Å². The summed E-state index contributed by atoms with van der Waals surface area (Å²) in [6.07, 6.45) is 2.85. The monoisotopic (exact) mass is 474 g/mol. The Balaban J connectivity index is 1.43. The van der Waals surface area contributed by atoms with Crippen molar-refractivity contribution in [3.8, 4) is 0 Å². The molecular formula is C30H42N4O. The first-order chi connectivity index (χ1) is 16.9. The Hall–Kier alpha value is -2.21. The lowest BCUT2D eigenvalue weighted by molar-refractivity contribution is -0.133. The minimum absolute atomic E-state index is 0.0164. The molecule has 188 valence electrons. The molecule has 3 saturated heterocycles. The molecule has 1 amide bonds. The topological polar surface area (TPSA) is 30.0 Å². The highest BCUT2D eigenvalue weighted by atomic mass is 16.2. The van der Waals surface area contributed by atoms with E-state index in [1.165, 1.54) is 11.1 Å². The number of carbonyl (C=O) groups excluding carboxylic acids is 1. The van der Waals surface area contributed by atoms with E-state index in [2.05, 4.69) is 101 Å². The molecule has 0 spiro atoms. The number of hydrogen-bond donors (Lipinski definition) is 0. The quantitative estimate of drug-likeness (QED) is 0.638. The average molecular weight is 475 g/mol. The molecular weight excluding hydrogens is 432 g/mol. The Morgan fingerprint density at radius 1 is 0.886 bits per heavy atom. The summed E-state index contributed by atoms with van der Waals surface area (Å²) in [5.41, 5.74) is 2.84. The molecule has 4 aliphatic rings. The molecule has 1 saturated carbocycles. The number of likely N-dealkylation sites (N-methyl/N-ethyl adjacent to an activating group) is 2. The van der Waals surface area contributed by atoms with Crippen molar-refractivity contribution in [2.24, 2.45) is 5.92 Å². The third-order valence-corrected chi connectivity index (χ3v) is 9.14. The fraction of sp³-hybridized carbons (Fsp3) is 0.567. The molecule has 2 aromatic carbocycles. The van der Waals surface area contributed by atoms with Gasteiger partial charge in [0.15, 0.2) is 0 Å². The Kier molecular flexibility index (Phi) is 7.29. The summed E-state index contributed by atoms with van der Waals surface area (Å²) in [5, 5.41) is 0. The van der Waals surface area contributed by atoms with Gasteiger partial charge < -0.3 is 19.6 Å². The molecule has 5 nitrogen and oxygen atoms in total. The van der Waals surface area contributed by atoms with E-state index in [0.29, 0.717) is 30.1 Å². The highest BCUT2D eigenvalue weighted by Gasteiger charge is 2.52. The number of fused-ring (bicyclic) bond motifs is 4. The standard InChI is InChI=1S/C30H42N4O/c1-31(2)30-20-26(24-10-6-4-7-11-24)28(27(21-30)25-12-8-5-9-13-25)22-34(23-30)29(35)14-15-33-18-16-32(3)17-19-33/h4-13,26-28H,14-23H2,1-3H3. The molecule has 35 heavy (non-hydrogen) atoms. The second-order valence-electron chi connectivity index (χ2n) is 11.4. The zero-order chi connectivity index (χ0) is 24.4. The van der Waals surface area contributed by atoms with Gasteiger partial charge in [-0.25, -0.2) is 0 Å². The van der Waals surface area contributed by atoms with Crippen molar-refractivity contribution in [2.75, 3.05) is 67.0 Å². The molecule has 0 aromatic heterocycles. The van der Waals surface area contributed by atoms with E-state index in [4.69, 9.17) is 0 Å². The number of rotatable bonds is 6. The molecule has 0 N–H and O–H groups in total. The van der Waals surface area contributed by atoms with Gasteiger partial charge in [-0.3, -0.25) is 4.79 Å². The van der Waals surface area contributed by atoms with Crippen LogP contribution in [0.2, 0.25) is 0 Å². The molecule has 2 unspecified atom stereocenters. The van der Waals surface area contributed by atoms with E-state index in [0.717, 1.165) is 58.7 Å². The Morgan fingerprint density at radius 2 is 1.43 bits per heavy atom. The summed E-state index contributed by atoms with van der Waals surface area (Å²) in [6.45, 7) is 6.91. The van der Waals surface area contributed by atoms with E-state index in [1.54, 1.807) is 0 Å². The van der Waals surface area contributed by atoms with Gasteiger partial charge in [-0.15, -0.1) is 0 Å². The van der Waals surface area contributed by atoms with Crippen LogP contribution in [0.4, 0.5) is 0 Å². The fourth-order valence-electron chi connectivity index (χ4n) is 6.85. The zero-order valence-corrected chi connectivity index (χ0v) is 21.8. The predicted octanol–water partition coefficient (Wildman–Crippen LogP) is 3.74. The summed E-state index contributed by atoms with van der Waals surface area (Å²) in [5.74, 6) is 1.67. The molecule has 2 bridgehead atoms. The molecule has 1 aliphatic carbocycles. The molecule has 5 heteroatoms. The largest absolute Gasteiger partial charge is 0.340 e. The first-order valence-corrected chi connectivity index (χ1v) is 13.4. The van der Waals surface area contributed by atoms with E-state index in [1.807, 2.05) is 0 Å². The highest BCUT2D eigenvalue weighted by Crippen LogP contribution is 2.54. The minimum atomic E-state index is -0.0164. The summed E-state index contributed by atoms with van der Waals surface area (Å²) < 4.78 is 0. The van der Waals surface area contributed by atoms with Crippen LogP contribution in [0.15, 0.2) is 60.7 Å². The van der Waals surface area contributed by atoms with Gasteiger partial charge in [0.25, 0.3) is 0 Å². The third-order valence-electron chi connectivity index (χ3n) is 9.14. The minimum Gasteiger partial charge on any atom is -0.340 e. The number of piperazine rings is 1. The SMILES string of the molecule is CN1CCN(CCC(=O)N2CC3C(c4ccccc4)CC(N(C)C)(CC3c3ccccc3)C2)CC1. The lowest BCUT2D eigenvalue weighted by atomic mass is 9.61. The maximum Gasteiger partial charge on any atom is 0.223 e. The summed E-state index contributed by atoms with van der Waals surface area (Å²) >= 11 is 0. The van der Waals surface area contributed by atoms with E-state index < -0.39 is 0 Å². The van der Waals surface area contributed by atoms with Crippen LogP contribution in [0.25, 0.3) is 0 Å². The van der Waals surface area contributed by atoms with Crippen molar-refractivity contribution in [1.29, 1.82) is 0 Å². The van der Waals surface area contributed by atoms with Crippen molar-refractivity contribution in [3.63, 3.8) is 0 Å². The molecule has 2 atom stereocenters. The van der Waals surface area contributed by atoms with Crippen LogP contribution in [0, 0.1) is 5.92 Å². The van der Waals surface area contributed by atoms with Crippen LogP contribution < -0.4 is 0 Å². The molecule has 6 rings (SSSR count). The fourth-order valence-corrected chi connectivity index (χ4v) is 6.85. The Morgan fingerprint density at radius 3 is 1.94 bits per heavy atom. The smallest absolute Gasteiger partial charge is 0.223 e. The van der Waals surface area contributed by atoms with Crippen molar-refractivity contribution in [1.82, 2.24) is 19.6 Å². The first kappa shape index (κ1) is 24.5. The van der Waals surface area contributed by atoms with E-state index in [-0.39, 0.29) is 5.54 Å². The molecule has 4 fully saturated rings. The number of nitrogens with zero attached hydrogens (tertiary/aromatic N) is 4. The lowest BCUT2D eigenvalue weighted by Crippen LogP contribution is -2.54. The van der Waals surface area contributed by atoms with E-state index >= 15 is 0 Å². The summed E-state index contributed by atoms with van der Waals surface area (Å²) in [6, 6.07) is 22.1. The second kappa shape index (κ2) is 10.4. The van der Waals surface area contributed by atoms with Crippen molar-refractivity contribution in [2.45, 2.75) is 36.6 Å². The summed E-state index contributed by atoms with van der Waals surface area (Å²) in [7, 11) is 6.63. The Labute approximate surface area is 211 Å². The maximum atomic E-state index is 13.7. The normalized spacial score (nSPS) is 29.9. The van der Waals surface area contributed by atoms with Gasteiger partial charge in [0.05, 0.1) is 0 Å². The number of benzene rings is 2. The van der Waals surface area contributed by atoms with Gasteiger partial charge in [0.2, 0.25) is 5.91 Å². The highest BCUT2D eigenvalue weighted by molar-refractivity contribution is 5.76. The van der Waals surface area contributed by atoms with Crippen LogP contribution in [-0.2, 0) is 4.79 Å². The maximum absolute atomic E-state index is 13.7. The van der Waals surface area contributed by atoms with Crippen molar-refractivity contribution < 1.29 is 4.79 Å². The third kappa shape index (κ3) is 5.18. The van der Waals surface area contributed by atoms with Gasteiger partial charge in [0.1, 0.15) is 0 Å². The van der Waals surface area contributed by atoms with Gasteiger partial charge in [0, 0.05) is 57.8 Å². The number of carbonyl (C=O) groups is 1. The molecule has 2 aromatic rings. The van der Waals surface area contributed by atoms with Gasteiger partial charge in [-0.1, -0.05) is 60.7 Å². The van der Waals surface area contributed by atoms with Gasteiger partial charge >= 0.3 is 0 Å². The predicted molar refractivity (Wildman–Crippen MR) is 143 cm³/mol.